The first kappa shape index (κ1) is 8.07. The number of aliphatic carboxylic acids is 1. The standard InChI is InChI=1S/C5H10N2O2/c1-2-3-4(7-6)5(8)9/h4,6H,2-3H2,1H3,(H,8,9). The Bertz CT molecular complexity index is 114. The Morgan fingerprint density at radius 3 is 2.56 bits per heavy atom. The number of carboxylic acids is 1. The molecule has 1 unspecified atom stereocenters. The molecule has 0 saturated carbocycles. The van der Waals surface area contributed by atoms with Crippen molar-refractivity contribution in [3.63, 3.8) is 0 Å². The second kappa shape index (κ2) is 4.00. The zero-order valence-corrected chi connectivity index (χ0v) is 5.29. The summed E-state index contributed by atoms with van der Waals surface area (Å²) in [5.74, 6) is -1.01. The quantitative estimate of drug-likeness (QED) is 0.562. The summed E-state index contributed by atoms with van der Waals surface area (Å²) in [7, 11) is 0. The topological polar surface area (TPSA) is 73.5 Å². The third-order valence-corrected chi connectivity index (χ3v) is 1.00. The molecule has 0 rings (SSSR count). The summed E-state index contributed by atoms with van der Waals surface area (Å²) in [4.78, 5) is 10.1. The molecular weight excluding hydrogens is 120 g/mol. The summed E-state index contributed by atoms with van der Waals surface area (Å²) in [5, 5.41) is 11.2. The third-order valence-electron chi connectivity index (χ3n) is 1.00. The van der Waals surface area contributed by atoms with Crippen molar-refractivity contribution in [2.45, 2.75) is 25.8 Å². The van der Waals surface area contributed by atoms with E-state index in [1.54, 1.807) is 0 Å². The molecule has 0 aromatic carbocycles. The maximum Gasteiger partial charge on any atom is 0.330 e. The van der Waals surface area contributed by atoms with Gasteiger partial charge in [-0.05, 0) is 6.42 Å². The van der Waals surface area contributed by atoms with Gasteiger partial charge < -0.3 is 5.11 Å². The van der Waals surface area contributed by atoms with E-state index in [0.29, 0.717) is 6.42 Å². The molecule has 0 aliphatic carbocycles. The second-order valence-corrected chi connectivity index (χ2v) is 1.77. The maximum atomic E-state index is 10.1. The summed E-state index contributed by atoms with van der Waals surface area (Å²) in [5.41, 5.74) is 6.44. The highest BCUT2D eigenvalue weighted by Gasteiger charge is 2.13. The van der Waals surface area contributed by atoms with Gasteiger partial charge >= 0.3 is 5.97 Å². The second-order valence-electron chi connectivity index (χ2n) is 1.77. The van der Waals surface area contributed by atoms with Crippen LogP contribution in [0.2, 0.25) is 0 Å². The Labute approximate surface area is 53.4 Å². The van der Waals surface area contributed by atoms with E-state index in [4.69, 9.17) is 10.6 Å². The first-order valence-corrected chi connectivity index (χ1v) is 2.81. The van der Waals surface area contributed by atoms with E-state index in [0.717, 1.165) is 6.42 Å². The van der Waals surface area contributed by atoms with E-state index in [1.165, 1.54) is 0 Å². The molecule has 4 heteroatoms. The SMILES string of the molecule is CCCC(N=N)C(=O)O. The Hall–Kier alpha value is -0.930. The summed E-state index contributed by atoms with van der Waals surface area (Å²) in [6.07, 6.45) is 1.21. The monoisotopic (exact) mass is 130 g/mol. The van der Waals surface area contributed by atoms with Crippen LogP contribution >= 0.6 is 0 Å². The minimum atomic E-state index is -1.01. The molecule has 0 radical (unpaired) electrons. The lowest BCUT2D eigenvalue weighted by Gasteiger charge is -1.99. The van der Waals surface area contributed by atoms with Crippen LogP contribution in [-0.4, -0.2) is 17.1 Å². The molecule has 0 saturated heterocycles. The lowest BCUT2D eigenvalue weighted by atomic mass is 10.2. The first-order chi connectivity index (χ1) is 4.22. The Kier molecular flexibility index (Phi) is 3.59. The minimum Gasteiger partial charge on any atom is -0.480 e. The molecule has 0 fully saturated rings. The van der Waals surface area contributed by atoms with Crippen LogP contribution in [0, 0.1) is 5.53 Å². The van der Waals surface area contributed by atoms with Crippen molar-refractivity contribution in [1.82, 2.24) is 0 Å². The van der Waals surface area contributed by atoms with Crippen LogP contribution in [0.25, 0.3) is 0 Å². The van der Waals surface area contributed by atoms with Crippen molar-refractivity contribution < 1.29 is 9.90 Å². The number of nitrogens with zero attached hydrogens (tertiary/aromatic N) is 1. The summed E-state index contributed by atoms with van der Waals surface area (Å²) in [6.45, 7) is 1.86. The Morgan fingerprint density at radius 2 is 2.44 bits per heavy atom. The zero-order valence-electron chi connectivity index (χ0n) is 5.29. The van der Waals surface area contributed by atoms with E-state index in [9.17, 15) is 4.79 Å². The highest BCUT2D eigenvalue weighted by Crippen LogP contribution is 2.00. The van der Waals surface area contributed by atoms with Crippen LogP contribution in [0.3, 0.4) is 0 Å². The van der Waals surface area contributed by atoms with Crippen LogP contribution in [0.5, 0.6) is 0 Å². The predicted molar refractivity (Wildman–Crippen MR) is 31.5 cm³/mol. The highest BCUT2D eigenvalue weighted by atomic mass is 16.4. The van der Waals surface area contributed by atoms with Crippen molar-refractivity contribution in [3.8, 4) is 0 Å². The number of rotatable bonds is 4. The van der Waals surface area contributed by atoms with E-state index >= 15 is 0 Å². The van der Waals surface area contributed by atoms with Gasteiger partial charge in [-0.15, -0.1) is 0 Å². The molecule has 1 atom stereocenters. The van der Waals surface area contributed by atoms with Gasteiger partial charge in [-0.25, -0.2) is 10.3 Å². The number of carboxylic acid groups (broad SMARTS) is 1. The molecule has 0 bridgehead atoms. The van der Waals surface area contributed by atoms with Gasteiger partial charge in [-0.3, -0.25) is 0 Å². The van der Waals surface area contributed by atoms with Crippen molar-refractivity contribution >= 4 is 5.97 Å². The van der Waals surface area contributed by atoms with E-state index < -0.39 is 12.0 Å². The predicted octanol–water partition coefficient (Wildman–Crippen LogP) is 1.27. The van der Waals surface area contributed by atoms with Gasteiger partial charge in [0.1, 0.15) is 0 Å². The van der Waals surface area contributed by atoms with E-state index in [2.05, 4.69) is 5.11 Å². The summed E-state index contributed by atoms with van der Waals surface area (Å²) in [6, 6.07) is -0.824. The normalized spacial score (nSPS) is 12.6. The molecule has 0 heterocycles. The average Bonchev–Trinajstić information content (AvgIpc) is 1.82. The van der Waals surface area contributed by atoms with Gasteiger partial charge in [0.25, 0.3) is 0 Å². The number of hydrogen-bond acceptors (Lipinski definition) is 3. The van der Waals surface area contributed by atoms with Gasteiger partial charge in [-0.2, -0.15) is 5.11 Å². The van der Waals surface area contributed by atoms with Crippen LogP contribution in [0.4, 0.5) is 0 Å². The van der Waals surface area contributed by atoms with Crippen molar-refractivity contribution in [1.29, 1.82) is 5.53 Å². The van der Waals surface area contributed by atoms with Gasteiger partial charge in [0.05, 0.1) is 0 Å². The average molecular weight is 130 g/mol. The van der Waals surface area contributed by atoms with Gasteiger partial charge in [0.2, 0.25) is 0 Å². The summed E-state index contributed by atoms with van der Waals surface area (Å²) >= 11 is 0. The van der Waals surface area contributed by atoms with Crippen LogP contribution in [-0.2, 0) is 4.79 Å². The Morgan fingerprint density at radius 1 is 1.89 bits per heavy atom. The van der Waals surface area contributed by atoms with Crippen LogP contribution in [0.15, 0.2) is 5.11 Å². The number of nitrogens with one attached hydrogen (secondary N) is 1. The summed E-state index contributed by atoms with van der Waals surface area (Å²) < 4.78 is 0. The molecule has 0 aromatic rings. The van der Waals surface area contributed by atoms with Gasteiger partial charge in [0.15, 0.2) is 6.04 Å². The Balaban J connectivity index is 3.68. The molecule has 52 valence electrons. The largest absolute Gasteiger partial charge is 0.480 e. The number of hydrogen-bond donors (Lipinski definition) is 2. The van der Waals surface area contributed by atoms with E-state index in [-0.39, 0.29) is 0 Å². The fraction of sp³-hybridized carbons (Fsp3) is 0.800. The zero-order chi connectivity index (χ0) is 7.28. The molecule has 0 aliphatic rings. The molecule has 4 nitrogen and oxygen atoms in total. The maximum absolute atomic E-state index is 10.1. The fourth-order valence-electron chi connectivity index (χ4n) is 0.517. The van der Waals surface area contributed by atoms with Gasteiger partial charge in [0, 0.05) is 0 Å². The molecule has 0 aliphatic heterocycles. The molecule has 0 amide bonds. The molecule has 0 aromatic heterocycles. The minimum absolute atomic E-state index is 0.457. The fourth-order valence-corrected chi connectivity index (χ4v) is 0.517. The number of carbonyl (C=O) groups is 1. The molecule has 0 spiro atoms. The molecule has 9 heavy (non-hydrogen) atoms. The lowest BCUT2D eigenvalue weighted by molar-refractivity contribution is -0.138. The molecule has 2 N–H and O–H groups in total. The lowest BCUT2D eigenvalue weighted by Crippen LogP contribution is -2.16. The van der Waals surface area contributed by atoms with Crippen molar-refractivity contribution in [2.75, 3.05) is 0 Å². The highest BCUT2D eigenvalue weighted by molar-refractivity contribution is 5.73. The third kappa shape index (κ3) is 2.79. The van der Waals surface area contributed by atoms with Crippen molar-refractivity contribution in [3.05, 3.63) is 0 Å². The van der Waals surface area contributed by atoms with Crippen LogP contribution < -0.4 is 0 Å². The van der Waals surface area contributed by atoms with Crippen LogP contribution in [0.1, 0.15) is 19.8 Å². The molecular formula is C5H10N2O2. The van der Waals surface area contributed by atoms with Crippen molar-refractivity contribution in [2.24, 2.45) is 5.11 Å². The van der Waals surface area contributed by atoms with Gasteiger partial charge in [-0.1, -0.05) is 13.3 Å². The smallest absolute Gasteiger partial charge is 0.330 e. The van der Waals surface area contributed by atoms with E-state index in [1.807, 2.05) is 6.92 Å². The first-order valence-electron chi connectivity index (χ1n) is 2.81.